The number of hydrogen-bond acceptors (Lipinski definition) is 6. The van der Waals surface area contributed by atoms with Crippen molar-refractivity contribution in [1.82, 2.24) is 4.98 Å². The molecule has 0 radical (unpaired) electrons. The first-order valence-corrected chi connectivity index (χ1v) is 12.7. The van der Waals surface area contributed by atoms with E-state index < -0.39 is 0 Å². The molecule has 184 valence electrons. The van der Waals surface area contributed by atoms with Crippen molar-refractivity contribution in [2.75, 3.05) is 48.1 Å². The van der Waals surface area contributed by atoms with E-state index in [1.54, 1.807) is 7.11 Å². The second-order valence-corrected chi connectivity index (χ2v) is 8.63. The predicted octanol–water partition coefficient (Wildman–Crippen LogP) is 6.14. The molecule has 1 aliphatic heterocycles. The number of methoxy groups -OCH3 is 1. The van der Waals surface area contributed by atoms with Gasteiger partial charge in [-0.2, -0.15) is 10.1 Å². The monoisotopic (exact) mass is 471 g/mol. The number of pyridine rings is 1. The topological polar surface area (TPSA) is 44.2 Å². The molecule has 1 unspecified atom stereocenters. The Hall–Kier alpha value is -3.54. The van der Waals surface area contributed by atoms with E-state index in [1.165, 1.54) is 16.9 Å². The molecule has 6 nitrogen and oxygen atoms in total. The average molecular weight is 472 g/mol. The van der Waals surface area contributed by atoms with Gasteiger partial charge in [0, 0.05) is 50.0 Å². The first-order valence-electron chi connectivity index (χ1n) is 12.7. The van der Waals surface area contributed by atoms with Gasteiger partial charge in [-0.05, 0) is 69.2 Å². The Labute approximate surface area is 209 Å². The molecule has 3 aromatic rings. The third-order valence-corrected chi connectivity index (χ3v) is 6.80. The second-order valence-electron chi connectivity index (χ2n) is 8.63. The molecule has 0 saturated carbocycles. The van der Waals surface area contributed by atoms with Crippen molar-refractivity contribution in [3.05, 3.63) is 77.9 Å². The van der Waals surface area contributed by atoms with E-state index >= 15 is 0 Å². The molecule has 0 fully saturated rings. The average Bonchev–Trinajstić information content (AvgIpc) is 3.36. The standard InChI is InChI=1S/C29H37N5O/c1-6-32(7-2)24-17-13-22(14-18-24)26-21-27(23-15-19-25(20-16-23)33(8-3)9-4)34(31-26)28-11-10-12-29(30-28)35-5/h10-20,27H,6-9,21H2,1-5H3. The first-order chi connectivity index (χ1) is 17.1. The molecule has 2 heterocycles. The van der Waals surface area contributed by atoms with Crippen molar-refractivity contribution in [1.29, 1.82) is 0 Å². The summed E-state index contributed by atoms with van der Waals surface area (Å²) in [5, 5.41) is 7.12. The molecule has 0 N–H and O–H groups in total. The highest BCUT2D eigenvalue weighted by molar-refractivity contribution is 6.03. The van der Waals surface area contributed by atoms with Gasteiger partial charge >= 0.3 is 0 Å². The molecule has 1 aromatic heterocycles. The minimum absolute atomic E-state index is 0.0674. The highest BCUT2D eigenvalue weighted by Crippen LogP contribution is 2.37. The number of benzene rings is 2. The molecule has 0 spiro atoms. The Morgan fingerprint density at radius 1 is 0.800 bits per heavy atom. The fourth-order valence-electron chi connectivity index (χ4n) is 4.75. The van der Waals surface area contributed by atoms with Gasteiger partial charge in [-0.3, -0.25) is 0 Å². The lowest BCUT2D eigenvalue weighted by Gasteiger charge is -2.25. The van der Waals surface area contributed by atoms with E-state index in [0.717, 1.165) is 49.7 Å². The van der Waals surface area contributed by atoms with Crippen LogP contribution >= 0.6 is 0 Å². The van der Waals surface area contributed by atoms with Gasteiger partial charge in [0.25, 0.3) is 0 Å². The van der Waals surface area contributed by atoms with Gasteiger partial charge in [-0.25, -0.2) is 5.01 Å². The summed E-state index contributed by atoms with van der Waals surface area (Å²) in [6.45, 7) is 12.7. The van der Waals surface area contributed by atoms with Crippen molar-refractivity contribution >= 4 is 22.9 Å². The molecule has 0 saturated heterocycles. The number of rotatable bonds is 10. The van der Waals surface area contributed by atoms with E-state index in [-0.39, 0.29) is 6.04 Å². The molecular formula is C29H37N5O. The maximum Gasteiger partial charge on any atom is 0.214 e. The number of hydrogen-bond donors (Lipinski definition) is 0. The van der Waals surface area contributed by atoms with Crippen LogP contribution in [0.25, 0.3) is 0 Å². The number of anilines is 3. The van der Waals surface area contributed by atoms with Crippen LogP contribution < -0.4 is 19.5 Å². The van der Waals surface area contributed by atoms with Crippen LogP contribution in [-0.2, 0) is 0 Å². The van der Waals surface area contributed by atoms with Gasteiger partial charge in [-0.1, -0.05) is 30.3 Å². The van der Waals surface area contributed by atoms with Crippen molar-refractivity contribution in [2.24, 2.45) is 5.10 Å². The van der Waals surface area contributed by atoms with Crippen LogP contribution in [0.3, 0.4) is 0 Å². The summed E-state index contributed by atoms with van der Waals surface area (Å²) >= 11 is 0. The number of hydrazone groups is 1. The minimum atomic E-state index is 0.0674. The second kappa shape index (κ2) is 11.3. The zero-order valence-electron chi connectivity index (χ0n) is 21.6. The van der Waals surface area contributed by atoms with Crippen molar-refractivity contribution in [3.63, 3.8) is 0 Å². The zero-order valence-corrected chi connectivity index (χ0v) is 21.6. The van der Waals surface area contributed by atoms with Crippen molar-refractivity contribution in [2.45, 2.75) is 40.2 Å². The van der Waals surface area contributed by atoms with E-state index in [9.17, 15) is 0 Å². The summed E-state index contributed by atoms with van der Waals surface area (Å²) in [6.07, 6.45) is 0.814. The van der Waals surface area contributed by atoms with Gasteiger partial charge in [0.2, 0.25) is 5.88 Å². The molecule has 0 amide bonds. The van der Waals surface area contributed by atoms with Crippen molar-refractivity contribution in [3.8, 4) is 5.88 Å². The van der Waals surface area contributed by atoms with Gasteiger partial charge in [-0.15, -0.1) is 0 Å². The van der Waals surface area contributed by atoms with Crippen LogP contribution in [-0.4, -0.2) is 44.0 Å². The zero-order chi connectivity index (χ0) is 24.8. The van der Waals surface area contributed by atoms with Gasteiger partial charge in [0.15, 0.2) is 5.82 Å². The van der Waals surface area contributed by atoms with Crippen LogP contribution in [0.15, 0.2) is 71.8 Å². The van der Waals surface area contributed by atoms with Crippen molar-refractivity contribution < 1.29 is 4.74 Å². The third kappa shape index (κ3) is 5.26. The predicted molar refractivity (Wildman–Crippen MR) is 147 cm³/mol. The molecule has 4 rings (SSSR count). The Balaban J connectivity index is 1.67. The highest BCUT2D eigenvalue weighted by atomic mass is 16.5. The fourth-order valence-corrected chi connectivity index (χ4v) is 4.75. The van der Waals surface area contributed by atoms with Crippen LogP contribution in [0, 0.1) is 0 Å². The lowest BCUT2D eigenvalue weighted by Crippen LogP contribution is -2.22. The number of nitrogens with zero attached hydrogens (tertiary/aromatic N) is 5. The lowest BCUT2D eigenvalue weighted by molar-refractivity contribution is 0.397. The Morgan fingerprint density at radius 3 is 1.91 bits per heavy atom. The van der Waals surface area contributed by atoms with Gasteiger partial charge in [0.1, 0.15) is 0 Å². The van der Waals surface area contributed by atoms with E-state index in [1.807, 2.05) is 23.2 Å². The molecule has 2 aromatic carbocycles. The molecule has 0 aliphatic carbocycles. The maximum absolute atomic E-state index is 5.39. The van der Waals surface area contributed by atoms with E-state index in [0.29, 0.717) is 5.88 Å². The number of ether oxygens (including phenoxy) is 1. The molecule has 1 aliphatic rings. The smallest absolute Gasteiger partial charge is 0.214 e. The normalized spacial score (nSPS) is 15.2. The molecule has 6 heteroatoms. The minimum Gasteiger partial charge on any atom is -0.481 e. The summed E-state index contributed by atoms with van der Waals surface area (Å²) in [5.41, 5.74) is 5.93. The van der Waals surface area contributed by atoms with E-state index in [4.69, 9.17) is 14.8 Å². The summed E-state index contributed by atoms with van der Waals surface area (Å²) in [5.74, 6) is 1.38. The highest BCUT2D eigenvalue weighted by Gasteiger charge is 2.31. The van der Waals surface area contributed by atoms with Crippen LogP contribution in [0.5, 0.6) is 5.88 Å². The largest absolute Gasteiger partial charge is 0.481 e. The van der Waals surface area contributed by atoms with E-state index in [2.05, 4.69) is 86.0 Å². The molecular weight excluding hydrogens is 434 g/mol. The Kier molecular flexibility index (Phi) is 7.91. The van der Waals surface area contributed by atoms with Gasteiger partial charge in [0.05, 0.1) is 18.9 Å². The molecule has 35 heavy (non-hydrogen) atoms. The Bertz CT molecular complexity index is 1120. The molecule has 0 bridgehead atoms. The SMILES string of the molecule is CCN(CC)c1ccc(C2=NN(c3cccc(OC)n3)C(c3ccc(N(CC)CC)cc3)C2)cc1. The summed E-state index contributed by atoms with van der Waals surface area (Å²) in [4.78, 5) is 9.41. The summed E-state index contributed by atoms with van der Waals surface area (Å²) < 4.78 is 5.39. The summed E-state index contributed by atoms with van der Waals surface area (Å²) in [7, 11) is 1.64. The molecule has 1 atom stereocenters. The summed E-state index contributed by atoms with van der Waals surface area (Å²) in [6, 6.07) is 23.6. The van der Waals surface area contributed by atoms with Crippen LogP contribution in [0.2, 0.25) is 0 Å². The fraction of sp³-hybridized carbons (Fsp3) is 0.379. The Morgan fingerprint density at radius 2 is 1.37 bits per heavy atom. The van der Waals surface area contributed by atoms with Crippen LogP contribution in [0.4, 0.5) is 17.2 Å². The van der Waals surface area contributed by atoms with Gasteiger partial charge < -0.3 is 14.5 Å². The maximum atomic E-state index is 5.39. The van der Waals surface area contributed by atoms with Crippen LogP contribution in [0.1, 0.15) is 51.3 Å². The first kappa shape index (κ1) is 24.6. The lowest BCUT2D eigenvalue weighted by atomic mass is 9.98. The number of aromatic nitrogens is 1. The quantitative estimate of drug-likeness (QED) is 0.355. The third-order valence-electron chi connectivity index (χ3n) is 6.80.